The van der Waals surface area contributed by atoms with Gasteiger partial charge in [-0.15, -0.1) is 0 Å². The minimum atomic E-state index is -0.0841. The molecule has 0 spiro atoms. The fraction of sp³-hybridized carbons (Fsp3) is 0.667. The molecule has 1 saturated carbocycles. The van der Waals surface area contributed by atoms with Crippen molar-refractivity contribution in [3.05, 3.63) is 22.4 Å². The zero-order chi connectivity index (χ0) is 14.3. The first kappa shape index (κ1) is 14.0. The van der Waals surface area contributed by atoms with Crippen LogP contribution >= 0.6 is 11.3 Å². The van der Waals surface area contributed by atoms with Gasteiger partial charge in [-0.2, -0.15) is 11.3 Å². The monoisotopic (exact) mass is 293 g/mol. The zero-order valence-electron chi connectivity index (χ0n) is 12.4. The van der Waals surface area contributed by atoms with Gasteiger partial charge in [0.2, 0.25) is 5.91 Å². The summed E-state index contributed by atoms with van der Waals surface area (Å²) in [4.78, 5) is 16.9. The van der Waals surface area contributed by atoms with E-state index in [0.717, 1.165) is 6.54 Å². The Hall–Kier alpha value is -0.910. The van der Waals surface area contributed by atoms with Crippen molar-refractivity contribution >= 4 is 17.2 Å². The molecule has 5 heteroatoms. The number of hydrogen-bond acceptors (Lipinski definition) is 4. The molecule has 1 aromatic heterocycles. The number of hydrogen-bond donors (Lipinski definition) is 1. The maximum Gasteiger partial charge on any atom is 0.241 e. The van der Waals surface area contributed by atoms with Crippen molar-refractivity contribution in [1.29, 1.82) is 0 Å². The standard InChI is InChI=1S/C15H23N3OS/c1-11-14(19)18(10-15(17(2)3)6-4-7-15)13(16-11)12-5-8-20-9-12/h5,8-9,11,13,16H,4,6-7,10H2,1-3H3. The Balaban J connectivity index is 1.83. The van der Waals surface area contributed by atoms with Crippen LogP contribution in [0.5, 0.6) is 0 Å². The summed E-state index contributed by atoms with van der Waals surface area (Å²) < 4.78 is 0. The molecule has 1 aliphatic heterocycles. The second kappa shape index (κ2) is 5.13. The van der Waals surface area contributed by atoms with Gasteiger partial charge in [0.15, 0.2) is 0 Å². The number of likely N-dealkylation sites (N-methyl/N-ethyl adjacent to an activating group) is 1. The van der Waals surface area contributed by atoms with Crippen LogP contribution in [-0.4, -0.2) is 47.9 Å². The smallest absolute Gasteiger partial charge is 0.241 e. The van der Waals surface area contributed by atoms with Crippen LogP contribution in [0.25, 0.3) is 0 Å². The maximum absolute atomic E-state index is 12.5. The first-order chi connectivity index (χ1) is 9.53. The number of nitrogens with zero attached hydrogens (tertiary/aromatic N) is 2. The van der Waals surface area contributed by atoms with Crippen LogP contribution in [0.3, 0.4) is 0 Å². The molecule has 0 radical (unpaired) electrons. The summed E-state index contributed by atoms with van der Waals surface area (Å²) in [6.07, 6.45) is 3.69. The van der Waals surface area contributed by atoms with Crippen molar-refractivity contribution in [3.63, 3.8) is 0 Å². The summed E-state index contributed by atoms with van der Waals surface area (Å²) in [5.74, 6) is 0.231. The molecular weight excluding hydrogens is 270 g/mol. The highest BCUT2D eigenvalue weighted by Gasteiger charge is 2.46. The van der Waals surface area contributed by atoms with Crippen LogP contribution in [-0.2, 0) is 4.79 Å². The second-order valence-electron chi connectivity index (χ2n) is 6.29. The molecule has 2 fully saturated rings. The molecule has 20 heavy (non-hydrogen) atoms. The fourth-order valence-corrected chi connectivity index (χ4v) is 3.98. The molecule has 2 atom stereocenters. The predicted molar refractivity (Wildman–Crippen MR) is 81.6 cm³/mol. The molecule has 2 unspecified atom stereocenters. The molecule has 0 bridgehead atoms. The molecule has 0 aromatic carbocycles. The molecule has 3 rings (SSSR count). The Morgan fingerprint density at radius 1 is 1.50 bits per heavy atom. The Labute approximate surface area is 124 Å². The predicted octanol–water partition coefficient (Wildman–Crippen LogP) is 2.05. The van der Waals surface area contributed by atoms with Gasteiger partial charge in [0.05, 0.1) is 6.04 Å². The quantitative estimate of drug-likeness (QED) is 0.923. The van der Waals surface area contributed by atoms with E-state index in [9.17, 15) is 4.79 Å². The minimum Gasteiger partial charge on any atom is -0.320 e. The highest BCUT2D eigenvalue weighted by atomic mass is 32.1. The second-order valence-corrected chi connectivity index (χ2v) is 7.07. The number of amides is 1. The summed E-state index contributed by atoms with van der Waals surface area (Å²) >= 11 is 1.69. The van der Waals surface area contributed by atoms with Crippen LogP contribution < -0.4 is 5.32 Å². The van der Waals surface area contributed by atoms with Gasteiger partial charge in [0.1, 0.15) is 6.17 Å². The molecular formula is C15H23N3OS. The Bertz CT molecular complexity index is 481. The van der Waals surface area contributed by atoms with Gasteiger partial charge < -0.3 is 9.80 Å². The Kier molecular flexibility index (Phi) is 3.60. The molecule has 1 aliphatic carbocycles. The fourth-order valence-electron chi connectivity index (χ4n) is 3.30. The van der Waals surface area contributed by atoms with Crippen molar-refractivity contribution < 1.29 is 4.79 Å². The summed E-state index contributed by atoms with van der Waals surface area (Å²) in [5, 5.41) is 7.65. The average Bonchev–Trinajstić information content (AvgIpc) is 2.95. The van der Waals surface area contributed by atoms with E-state index in [2.05, 4.69) is 41.1 Å². The maximum atomic E-state index is 12.5. The van der Waals surface area contributed by atoms with E-state index in [1.54, 1.807) is 11.3 Å². The van der Waals surface area contributed by atoms with E-state index < -0.39 is 0 Å². The number of nitrogens with one attached hydrogen (secondary N) is 1. The van der Waals surface area contributed by atoms with Crippen LogP contribution in [0.15, 0.2) is 16.8 Å². The average molecular weight is 293 g/mol. The molecule has 2 aliphatic rings. The van der Waals surface area contributed by atoms with E-state index in [1.165, 1.54) is 24.8 Å². The molecule has 4 nitrogen and oxygen atoms in total. The summed E-state index contributed by atoms with van der Waals surface area (Å²) in [6, 6.07) is 2.03. The van der Waals surface area contributed by atoms with E-state index in [1.807, 2.05) is 11.8 Å². The highest BCUT2D eigenvalue weighted by molar-refractivity contribution is 7.07. The number of carbonyl (C=O) groups excluding carboxylic acids is 1. The van der Waals surface area contributed by atoms with Gasteiger partial charge in [-0.3, -0.25) is 10.1 Å². The van der Waals surface area contributed by atoms with Crippen LogP contribution in [0.4, 0.5) is 0 Å². The Morgan fingerprint density at radius 2 is 2.25 bits per heavy atom. The van der Waals surface area contributed by atoms with Gasteiger partial charge in [-0.1, -0.05) is 0 Å². The number of rotatable bonds is 4. The van der Waals surface area contributed by atoms with E-state index in [-0.39, 0.29) is 23.7 Å². The SMILES string of the molecule is CC1NC(c2ccsc2)N(CC2(N(C)C)CCC2)C1=O. The van der Waals surface area contributed by atoms with Gasteiger partial charge in [0, 0.05) is 12.1 Å². The Morgan fingerprint density at radius 3 is 2.75 bits per heavy atom. The first-order valence-electron chi connectivity index (χ1n) is 7.29. The number of carbonyl (C=O) groups is 1. The molecule has 1 saturated heterocycles. The van der Waals surface area contributed by atoms with Crippen molar-refractivity contribution in [2.45, 2.75) is 43.9 Å². The van der Waals surface area contributed by atoms with E-state index in [0.29, 0.717) is 0 Å². The normalized spacial score (nSPS) is 29.0. The topological polar surface area (TPSA) is 35.6 Å². The lowest BCUT2D eigenvalue weighted by atomic mass is 9.75. The van der Waals surface area contributed by atoms with E-state index in [4.69, 9.17) is 0 Å². The summed E-state index contributed by atoms with van der Waals surface area (Å²) in [5.41, 5.74) is 1.39. The molecule has 1 amide bonds. The third kappa shape index (κ3) is 2.18. The minimum absolute atomic E-state index is 0.0428. The summed E-state index contributed by atoms with van der Waals surface area (Å²) in [7, 11) is 4.27. The van der Waals surface area contributed by atoms with Gasteiger partial charge in [0.25, 0.3) is 0 Å². The highest BCUT2D eigenvalue weighted by Crippen LogP contribution is 2.39. The zero-order valence-corrected chi connectivity index (χ0v) is 13.2. The van der Waals surface area contributed by atoms with Crippen molar-refractivity contribution in [2.24, 2.45) is 0 Å². The lowest BCUT2D eigenvalue weighted by Crippen LogP contribution is -2.58. The van der Waals surface area contributed by atoms with Crippen molar-refractivity contribution in [1.82, 2.24) is 15.1 Å². The summed E-state index contributed by atoms with van der Waals surface area (Å²) in [6.45, 7) is 2.79. The van der Waals surface area contributed by atoms with Gasteiger partial charge in [-0.05, 0) is 62.7 Å². The van der Waals surface area contributed by atoms with Gasteiger partial charge in [-0.25, -0.2) is 0 Å². The largest absolute Gasteiger partial charge is 0.320 e. The van der Waals surface area contributed by atoms with Crippen LogP contribution in [0.2, 0.25) is 0 Å². The van der Waals surface area contributed by atoms with Gasteiger partial charge >= 0.3 is 0 Å². The van der Waals surface area contributed by atoms with E-state index >= 15 is 0 Å². The van der Waals surface area contributed by atoms with Crippen molar-refractivity contribution in [3.8, 4) is 0 Å². The van der Waals surface area contributed by atoms with Crippen LogP contribution in [0.1, 0.15) is 37.9 Å². The molecule has 1 aromatic rings. The third-order valence-corrected chi connectivity index (χ3v) is 5.63. The molecule has 1 N–H and O–H groups in total. The third-order valence-electron chi connectivity index (χ3n) is 4.93. The van der Waals surface area contributed by atoms with Crippen molar-refractivity contribution in [2.75, 3.05) is 20.6 Å². The number of thiophene rings is 1. The first-order valence-corrected chi connectivity index (χ1v) is 8.24. The lowest BCUT2D eigenvalue weighted by Gasteiger charge is -2.49. The lowest BCUT2D eigenvalue weighted by molar-refractivity contribution is -0.132. The molecule has 110 valence electrons. The molecule has 2 heterocycles. The van der Waals surface area contributed by atoms with Crippen LogP contribution in [0, 0.1) is 0 Å².